The van der Waals surface area contributed by atoms with E-state index in [1.807, 2.05) is 6.07 Å². The molecule has 0 spiro atoms. The summed E-state index contributed by atoms with van der Waals surface area (Å²) in [4.78, 5) is 0. The molecule has 0 radical (unpaired) electrons. The summed E-state index contributed by atoms with van der Waals surface area (Å²) >= 11 is 0. The first-order valence-corrected chi connectivity index (χ1v) is 5.40. The minimum absolute atomic E-state index is 0.0635. The quantitative estimate of drug-likeness (QED) is 0.770. The van der Waals surface area contributed by atoms with Crippen LogP contribution in [0.25, 0.3) is 0 Å². The van der Waals surface area contributed by atoms with Crippen molar-refractivity contribution in [1.82, 2.24) is 0 Å². The van der Waals surface area contributed by atoms with Gasteiger partial charge in [0.15, 0.2) is 0 Å². The van der Waals surface area contributed by atoms with Crippen molar-refractivity contribution >= 4 is 0 Å². The molecule has 0 saturated carbocycles. The van der Waals surface area contributed by atoms with Gasteiger partial charge in [0, 0.05) is 12.5 Å². The number of benzene rings is 1. The summed E-state index contributed by atoms with van der Waals surface area (Å²) in [6.45, 7) is 0.864. The van der Waals surface area contributed by atoms with Crippen LogP contribution in [-0.2, 0) is 12.8 Å². The molecule has 82 valence electrons. The Morgan fingerprint density at radius 3 is 3.13 bits per heavy atom. The third-order valence-corrected chi connectivity index (χ3v) is 2.79. The molecule has 3 N–H and O–H groups in total. The molecule has 3 heteroatoms. The van der Waals surface area contributed by atoms with Crippen molar-refractivity contribution in [3.63, 3.8) is 0 Å². The highest BCUT2D eigenvalue weighted by Gasteiger charge is 2.12. The predicted octanol–water partition coefficient (Wildman–Crippen LogP) is 0.874. The molecule has 1 heterocycles. The monoisotopic (exact) mass is 207 g/mol. The summed E-state index contributed by atoms with van der Waals surface area (Å²) in [5.74, 6) is 1.02. The average Bonchev–Trinajstić information content (AvgIpc) is 2.72. The molecule has 0 bridgehead atoms. The molecule has 1 aliphatic heterocycles. The van der Waals surface area contributed by atoms with Crippen LogP contribution >= 0.6 is 0 Å². The average molecular weight is 207 g/mol. The molecule has 1 aliphatic rings. The molecule has 1 atom stereocenters. The first-order valence-electron chi connectivity index (χ1n) is 5.40. The number of aliphatic hydroxyl groups excluding tert-OH is 1. The van der Waals surface area contributed by atoms with E-state index in [0.717, 1.165) is 31.6 Å². The first kappa shape index (κ1) is 10.5. The van der Waals surface area contributed by atoms with Gasteiger partial charge < -0.3 is 15.6 Å². The molecule has 1 unspecified atom stereocenters. The predicted molar refractivity (Wildman–Crippen MR) is 59.0 cm³/mol. The van der Waals surface area contributed by atoms with Gasteiger partial charge in [-0.05, 0) is 30.0 Å². The number of rotatable bonds is 4. The molecular weight excluding hydrogens is 190 g/mol. The third-order valence-electron chi connectivity index (χ3n) is 2.79. The Labute approximate surface area is 89.9 Å². The fourth-order valence-corrected chi connectivity index (χ4v) is 1.84. The lowest BCUT2D eigenvalue weighted by atomic mass is 10.0. The maximum atomic E-state index is 8.82. The van der Waals surface area contributed by atoms with Crippen molar-refractivity contribution in [2.24, 2.45) is 5.73 Å². The van der Waals surface area contributed by atoms with Crippen LogP contribution in [0.4, 0.5) is 0 Å². The highest BCUT2D eigenvalue weighted by atomic mass is 16.5. The summed E-state index contributed by atoms with van der Waals surface area (Å²) in [5, 5.41) is 8.82. The minimum Gasteiger partial charge on any atom is -0.493 e. The van der Waals surface area contributed by atoms with E-state index in [4.69, 9.17) is 15.6 Å². The minimum atomic E-state index is -0.102. The van der Waals surface area contributed by atoms with Crippen LogP contribution in [0.2, 0.25) is 0 Å². The van der Waals surface area contributed by atoms with Gasteiger partial charge in [-0.15, -0.1) is 0 Å². The first-order chi connectivity index (χ1) is 7.29. The molecular formula is C12H17NO2. The van der Waals surface area contributed by atoms with Crippen LogP contribution in [0.3, 0.4) is 0 Å². The molecule has 3 nitrogen and oxygen atoms in total. The Kier molecular flexibility index (Phi) is 3.23. The zero-order chi connectivity index (χ0) is 10.7. The second-order valence-corrected chi connectivity index (χ2v) is 4.02. The van der Waals surface area contributed by atoms with Gasteiger partial charge in [-0.25, -0.2) is 0 Å². The third kappa shape index (κ3) is 2.49. The van der Waals surface area contributed by atoms with E-state index in [0.29, 0.717) is 0 Å². The second kappa shape index (κ2) is 4.64. The Hall–Kier alpha value is -1.06. The van der Waals surface area contributed by atoms with E-state index in [2.05, 4.69) is 12.1 Å². The molecule has 0 aliphatic carbocycles. The molecule has 15 heavy (non-hydrogen) atoms. The Morgan fingerprint density at radius 1 is 1.47 bits per heavy atom. The summed E-state index contributed by atoms with van der Waals surface area (Å²) in [7, 11) is 0. The summed E-state index contributed by atoms with van der Waals surface area (Å²) in [6, 6.07) is 6.19. The van der Waals surface area contributed by atoms with Gasteiger partial charge in [-0.2, -0.15) is 0 Å². The molecule has 2 rings (SSSR count). The van der Waals surface area contributed by atoms with E-state index in [1.54, 1.807) is 0 Å². The number of hydrogen-bond donors (Lipinski definition) is 2. The van der Waals surface area contributed by atoms with Crippen molar-refractivity contribution in [3.05, 3.63) is 29.3 Å². The van der Waals surface area contributed by atoms with Crippen molar-refractivity contribution in [2.75, 3.05) is 13.2 Å². The topological polar surface area (TPSA) is 55.5 Å². The smallest absolute Gasteiger partial charge is 0.122 e. The van der Waals surface area contributed by atoms with E-state index < -0.39 is 0 Å². The lowest BCUT2D eigenvalue weighted by molar-refractivity contribution is 0.260. The maximum Gasteiger partial charge on any atom is 0.122 e. The lowest BCUT2D eigenvalue weighted by Gasteiger charge is -2.08. The fourth-order valence-electron chi connectivity index (χ4n) is 1.84. The van der Waals surface area contributed by atoms with Gasteiger partial charge in [0.2, 0.25) is 0 Å². The van der Waals surface area contributed by atoms with Crippen LogP contribution in [0.5, 0.6) is 5.75 Å². The van der Waals surface area contributed by atoms with E-state index >= 15 is 0 Å². The molecule has 0 saturated heterocycles. The highest BCUT2D eigenvalue weighted by molar-refractivity contribution is 5.39. The van der Waals surface area contributed by atoms with Crippen molar-refractivity contribution in [1.29, 1.82) is 0 Å². The largest absolute Gasteiger partial charge is 0.493 e. The van der Waals surface area contributed by atoms with Crippen molar-refractivity contribution < 1.29 is 9.84 Å². The number of fused-ring (bicyclic) bond motifs is 1. The zero-order valence-electron chi connectivity index (χ0n) is 8.78. The van der Waals surface area contributed by atoms with Gasteiger partial charge in [0.25, 0.3) is 0 Å². The number of aliphatic hydroxyl groups is 1. The van der Waals surface area contributed by atoms with Crippen molar-refractivity contribution in [2.45, 2.75) is 25.3 Å². The Morgan fingerprint density at radius 2 is 2.33 bits per heavy atom. The fraction of sp³-hybridized carbons (Fsp3) is 0.500. The van der Waals surface area contributed by atoms with Gasteiger partial charge in [0.1, 0.15) is 5.75 Å². The lowest BCUT2D eigenvalue weighted by Crippen LogP contribution is -2.24. The van der Waals surface area contributed by atoms with Gasteiger partial charge in [-0.1, -0.05) is 12.1 Å². The van der Waals surface area contributed by atoms with E-state index in [9.17, 15) is 0 Å². The SMILES string of the molecule is NC(CO)CCc1ccc2c(c1)CCO2. The van der Waals surface area contributed by atoms with Crippen LogP contribution < -0.4 is 10.5 Å². The number of aryl methyl sites for hydroxylation is 1. The second-order valence-electron chi connectivity index (χ2n) is 4.02. The highest BCUT2D eigenvalue weighted by Crippen LogP contribution is 2.26. The standard InChI is InChI=1S/C12H17NO2/c13-11(8-14)3-1-9-2-4-12-10(7-9)5-6-15-12/h2,4,7,11,14H,1,3,5-6,8,13H2. The Balaban J connectivity index is 1.98. The van der Waals surface area contributed by atoms with Gasteiger partial charge in [0.05, 0.1) is 13.2 Å². The van der Waals surface area contributed by atoms with Crippen molar-refractivity contribution in [3.8, 4) is 5.75 Å². The number of nitrogens with two attached hydrogens (primary N) is 1. The summed E-state index contributed by atoms with van der Waals surface area (Å²) < 4.78 is 5.44. The molecule has 0 fully saturated rings. The van der Waals surface area contributed by atoms with Crippen LogP contribution in [0.15, 0.2) is 18.2 Å². The van der Waals surface area contributed by atoms with Crippen LogP contribution in [-0.4, -0.2) is 24.4 Å². The zero-order valence-corrected chi connectivity index (χ0v) is 8.78. The molecule has 0 aromatic heterocycles. The summed E-state index contributed by atoms with van der Waals surface area (Å²) in [6.07, 6.45) is 2.76. The van der Waals surface area contributed by atoms with Gasteiger partial charge >= 0.3 is 0 Å². The molecule has 1 aromatic carbocycles. The number of hydrogen-bond acceptors (Lipinski definition) is 3. The van der Waals surface area contributed by atoms with E-state index in [1.165, 1.54) is 11.1 Å². The van der Waals surface area contributed by atoms with Crippen LogP contribution in [0.1, 0.15) is 17.5 Å². The summed E-state index contributed by atoms with van der Waals surface area (Å²) in [5.41, 5.74) is 8.24. The number of ether oxygens (including phenoxy) is 1. The Bertz CT molecular complexity index is 338. The van der Waals surface area contributed by atoms with Gasteiger partial charge in [-0.3, -0.25) is 0 Å². The maximum absolute atomic E-state index is 8.82. The van der Waals surface area contributed by atoms with Crippen LogP contribution in [0, 0.1) is 0 Å². The normalized spacial score (nSPS) is 15.9. The molecule has 0 amide bonds. The molecule has 1 aromatic rings. The van der Waals surface area contributed by atoms with E-state index in [-0.39, 0.29) is 12.6 Å².